The Labute approximate surface area is 155 Å². The Morgan fingerprint density at radius 3 is 1.96 bits per heavy atom. The van der Waals surface area contributed by atoms with Crippen molar-refractivity contribution in [3.05, 3.63) is 29.1 Å². The fourth-order valence-electron chi connectivity index (χ4n) is 4.77. The van der Waals surface area contributed by atoms with Gasteiger partial charge in [-0.25, -0.2) is 4.39 Å². The molecule has 0 N–H and O–H groups in total. The number of hydrogen-bond acceptors (Lipinski definition) is 1. The molecule has 1 nitrogen and oxygen atoms in total. The van der Waals surface area contributed by atoms with Crippen molar-refractivity contribution >= 4 is 0 Å². The predicted molar refractivity (Wildman–Crippen MR) is 98.0 cm³/mol. The molecule has 0 atom stereocenters. The van der Waals surface area contributed by atoms with Gasteiger partial charge in [0.15, 0.2) is 0 Å². The zero-order valence-corrected chi connectivity index (χ0v) is 16.2. The monoisotopic (exact) mass is 368 g/mol. The highest BCUT2D eigenvalue weighted by molar-refractivity contribution is 5.35. The van der Waals surface area contributed by atoms with Gasteiger partial charge in [-0.3, -0.25) is 0 Å². The second-order valence-electron chi connectivity index (χ2n) is 8.64. The van der Waals surface area contributed by atoms with Crippen molar-refractivity contribution in [3.8, 4) is 5.75 Å². The topological polar surface area (TPSA) is 9.23 Å². The van der Waals surface area contributed by atoms with E-state index in [0.29, 0.717) is 29.9 Å². The van der Waals surface area contributed by atoms with E-state index in [9.17, 15) is 13.2 Å². The Kier molecular flexibility index (Phi) is 5.88. The Morgan fingerprint density at radius 1 is 0.885 bits per heavy atom. The number of hydrogen-bond donors (Lipinski definition) is 0. The van der Waals surface area contributed by atoms with Crippen LogP contribution >= 0.6 is 0 Å². The van der Waals surface area contributed by atoms with Gasteiger partial charge < -0.3 is 4.74 Å². The lowest BCUT2D eigenvalue weighted by atomic mass is 9.69. The van der Waals surface area contributed by atoms with Gasteiger partial charge in [-0.2, -0.15) is 8.78 Å². The lowest BCUT2D eigenvalue weighted by Gasteiger charge is -2.38. The zero-order valence-electron chi connectivity index (χ0n) is 16.2. The molecule has 146 valence electrons. The summed E-state index contributed by atoms with van der Waals surface area (Å²) in [4.78, 5) is 0. The van der Waals surface area contributed by atoms with Gasteiger partial charge >= 0.3 is 6.11 Å². The molecule has 0 spiro atoms. The average Bonchev–Trinajstić information content (AvgIpc) is 2.60. The van der Waals surface area contributed by atoms with Gasteiger partial charge in [0.2, 0.25) is 0 Å². The van der Waals surface area contributed by atoms with Crippen LogP contribution in [0.3, 0.4) is 0 Å². The van der Waals surface area contributed by atoms with Gasteiger partial charge in [-0.1, -0.05) is 19.8 Å². The molecule has 2 aliphatic carbocycles. The summed E-state index contributed by atoms with van der Waals surface area (Å²) < 4.78 is 48.1. The number of rotatable bonds is 4. The van der Waals surface area contributed by atoms with E-state index in [2.05, 4.69) is 6.92 Å². The third kappa shape index (κ3) is 4.37. The van der Waals surface area contributed by atoms with Crippen molar-refractivity contribution in [3.63, 3.8) is 0 Å². The summed E-state index contributed by atoms with van der Waals surface area (Å²) in [6.07, 6.45) is 4.56. The maximum Gasteiger partial charge on any atom is 0.400 e. The lowest BCUT2D eigenvalue weighted by Crippen LogP contribution is -2.38. The Hall–Kier alpha value is -1.19. The summed E-state index contributed by atoms with van der Waals surface area (Å²) in [6, 6.07) is 2.58. The number of ether oxygens (including phenoxy) is 1. The van der Waals surface area contributed by atoms with E-state index in [1.807, 2.05) is 0 Å². The van der Waals surface area contributed by atoms with E-state index in [1.165, 1.54) is 31.7 Å². The number of halogens is 3. The maximum absolute atomic E-state index is 14.6. The molecule has 4 heteroatoms. The largest absolute Gasteiger partial charge is 0.432 e. The number of benzene rings is 1. The van der Waals surface area contributed by atoms with Crippen molar-refractivity contribution in [1.82, 2.24) is 0 Å². The molecular weight excluding hydrogens is 337 g/mol. The van der Waals surface area contributed by atoms with Gasteiger partial charge in [-0.15, -0.1) is 0 Å². The van der Waals surface area contributed by atoms with E-state index in [0.717, 1.165) is 30.7 Å². The third-order valence-electron chi connectivity index (χ3n) is 6.81. The number of aryl methyl sites for hydroxylation is 1. The van der Waals surface area contributed by atoms with E-state index >= 15 is 0 Å². The van der Waals surface area contributed by atoms with Crippen LogP contribution in [0, 0.1) is 43.3 Å². The van der Waals surface area contributed by atoms with Crippen molar-refractivity contribution < 1.29 is 17.9 Å². The zero-order chi connectivity index (χ0) is 18.9. The predicted octanol–water partition coefficient (Wildman–Crippen LogP) is 7.05. The molecule has 2 aliphatic rings. The van der Waals surface area contributed by atoms with Crippen LogP contribution in [0.1, 0.15) is 69.4 Å². The van der Waals surface area contributed by atoms with Crippen LogP contribution in [0.15, 0.2) is 12.1 Å². The van der Waals surface area contributed by atoms with Gasteiger partial charge in [0, 0.05) is 6.07 Å². The summed E-state index contributed by atoms with van der Waals surface area (Å²) in [5.41, 5.74) is 1.11. The summed E-state index contributed by atoms with van der Waals surface area (Å²) in [6.45, 7) is 5.65. The first kappa shape index (κ1) is 19.6. The minimum Gasteiger partial charge on any atom is -0.432 e. The first-order chi connectivity index (χ1) is 12.3. The van der Waals surface area contributed by atoms with Crippen LogP contribution in [-0.4, -0.2) is 6.11 Å². The molecule has 0 amide bonds. The summed E-state index contributed by atoms with van der Waals surface area (Å²) in [7, 11) is 0. The Morgan fingerprint density at radius 2 is 1.42 bits per heavy atom. The van der Waals surface area contributed by atoms with Crippen molar-refractivity contribution in [1.29, 1.82) is 0 Å². The second kappa shape index (κ2) is 7.82. The van der Waals surface area contributed by atoms with E-state index in [-0.39, 0.29) is 5.75 Å². The van der Waals surface area contributed by atoms with Crippen LogP contribution < -0.4 is 4.74 Å². The Bertz CT molecular complexity index is 589. The highest BCUT2D eigenvalue weighted by Crippen LogP contribution is 2.45. The Balaban J connectivity index is 1.57. The quantitative estimate of drug-likeness (QED) is 0.553. The van der Waals surface area contributed by atoms with Crippen molar-refractivity contribution in [2.45, 2.75) is 78.2 Å². The van der Waals surface area contributed by atoms with Gasteiger partial charge in [-0.05, 0) is 87.3 Å². The van der Waals surface area contributed by atoms with E-state index < -0.39 is 17.8 Å². The van der Waals surface area contributed by atoms with E-state index in [4.69, 9.17) is 4.74 Å². The summed E-state index contributed by atoms with van der Waals surface area (Å²) in [5.74, 6) is 0.791. The second-order valence-corrected chi connectivity index (χ2v) is 8.64. The molecule has 0 aliphatic heterocycles. The molecule has 1 aromatic rings. The van der Waals surface area contributed by atoms with Crippen molar-refractivity contribution in [2.75, 3.05) is 0 Å². The molecule has 0 bridgehead atoms. The summed E-state index contributed by atoms with van der Waals surface area (Å²) in [5, 5.41) is 0. The molecule has 0 saturated heterocycles. The standard InChI is InChI=1S/C22H31F3O/c1-14-4-6-17(7-5-14)18-8-10-19(11-9-18)22(24,25)26-20-12-15(2)16(3)21(23)13-20/h12-14,17-19H,4-11H2,1-3H3. The van der Waals surface area contributed by atoms with Crippen LogP contribution in [-0.2, 0) is 0 Å². The minimum absolute atomic E-state index is 0.0704. The molecule has 26 heavy (non-hydrogen) atoms. The molecule has 2 saturated carbocycles. The number of alkyl halides is 2. The van der Waals surface area contributed by atoms with Gasteiger partial charge in [0.05, 0.1) is 5.92 Å². The normalized spacial score (nSPS) is 30.2. The van der Waals surface area contributed by atoms with Gasteiger partial charge in [0.25, 0.3) is 0 Å². The van der Waals surface area contributed by atoms with Crippen LogP contribution in [0.4, 0.5) is 13.2 Å². The molecule has 3 rings (SSSR count). The highest BCUT2D eigenvalue weighted by atomic mass is 19.3. The minimum atomic E-state index is -3.24. The highest BCUT2D eigenvalue weighted by Gasteiger charge is 2.45. The first-order valence-electron chi connectivity index (χ1n) is 10.1. The molecule has 2 fully saturated rings. The van der Waals surface area contributed by atoms with Crippen LogP contribution in [0.5, 0.6) is 5.75 Å². The fraction of sp³-hybridized carbons (Fsp3) is 0.727. The molecule has 0 aromatic heterocycles. The molecule has 0 unspecified atom stereocenters. The average molecular weight is 368 g/mol. The fourth-order valence-corrected chi connectivity index (χ4v) is 4.77. The SMILES string of the molecule is Cc1cc(OC(F)(F)C2CCC(C3CCC(C)CC3)CC2)cc(F)c1C. The van der Waals surface area contributed by atoms with Crippen molar-refractivity contribution in [2.24, 2.45) is 23.7 Å². The van der Waals surface area contributed by atoms with Gasteiger partial charge in [0.1, 0.15) is 11.6 Å². The molecular formula is C22H31F3O. The molecule has 1 aromatic carbocycles. The first-order valence-corrected chi connectivity index (χ1v) is 10.1. The third-order valence-corrected chi connectivity index (χ3v) is 6.81. The molecule has 0 radical (unpaired) electrons. The smallest absolute Gasteiger partial charge is 0.400 e. The van der Waals surface area contributed by atoms with E-state index in [1.54, 1.807) is 13.8 Å². The maximum atomic E-state index is 14.6. The summed E-state index contributed by atoms with van der Waals surface area (Å²) >= 11 is 0. The molecule has 0 heterocycles. The van der Waals surface area contributed by atoms with Crippen LogP contribution in [0.25, 0.3) is 0 Å². The lowest BCUT2D eigenvalue weighted by molar-refractivity contribution is -0.224. The van der Waals surface area contributed by atoms with Crippen LogP contribution in [0.2, 0.25) is 0 Å².